The number of likely N-dealkylation sites (tertiary alicyclic amines) is 1. The Morgan fingerprint density at radius 3 is 2.74 bits per heavy atom. The van der Waals surface area contributed by atoms with E-state index >= 15 is 0 Å². The normalized spacial score (nSPS) is 19.7. The second-order valence-corrected chi connectivity index (χ2v) is 7.06. The molecule has 2 unspecified atom stereocenters. The monoisotopic (exact) mass is 403 g/mol. The predicted octanol–water partition coefficient (Wildman–Crippen LogP) is 2.98. The summed E-state index contributed by atoms with van der Waals surface area (Å²) >= 11 is 3.43. The first-order valence-electron chi connectivity index (χ1n) is 8.00. The molecule has 1 amide bonds. The number of amides is 1. The smallest absolute Gasteiger partial charge is 0.234 e. The zero-order valence-corrected chi connectivity index (χ0v) is 16.3. The summed E-state index contributed by atoms with van der Waals surface area (Å²) in [6.45, 7) is 5.61. The van der Waals surface area contributed by atoms with E-state index in [1.165, 1.54) is 12.8 Å². The number of nitrogens with zero attached hydrogens (tertiary/aromatic N) is 1. The Hall–Kier alpha value is -0.620. The molecule has 2 N–H and O–H groups in total. The highest BCUT2D eigenvalue weighted by Gasteiger charge is 2.21. The number of nitrogens with one attached hydrogen (secondary N) is 2. The maximum atomic E-state index is 12.2. The van der Waals surface area contributed by atoms with Gasteiger partial charge in [-0.3, -0.25) is 9.69 Å². The Bertz CT molecular complexity index is 481. The van der Waals surface area contributed by atoms with E-state index in [-0.39, 0.29) is 24.4 Å². The Morgan fingerprint density at radius 1 is 1.39 bits per heavy atom. The Kier molecular flexibility index (Phi) is 9.14. The van der Waals surface area contributed by atoms with Gasteiger partial charge in [-0.05, 0) is 63.5 Å². The van der Waals surface area contributed by atoms with Gasteiger partial charge in [0.25, 0.3) is 0 Å². The van der Waals surface area contributed by atoms with Crippen molar-refractivity contribution in [2.45, 2.75) is 25.8 Å². The fraction of sp³-hybridized carbons (Fsp3) is 0.588. The van der Waals surface area contributed by atoms with Gasteiger partial charge in [-0.15, -0.1) is 12.4 Å². The molecule has 0 bridgehead atoms. The molecule has 2 atom stereocenters. The van der Waals surface area contributed by atoms with Crippen molar-refractivity contribution < 1.29 is 4.79 Å². The lowest BCUT2D eigenvalue weighted by atomic mass is 9.98. The van der Waals surface area contributed by atoms with Gasteiger partial charge in [0.1, 0.15) is 0 Å². The molecule has 1 aliphatic heterocycles. The summed E-state index contributed by atoms with van der Waals surface area (Å²) in [4.78, 5) is 14.5. The molecular formula is C17H27BrClN3O. The van der Waals surface area contributed by atoms with Crippen molar-refractivity contribution in [2.24, 2.45) is 5.92 Å². The van der Waals surface area contributed by atoms with Crippen LogP contribution in [0.1, 0.15) is 31.4 Å². The Morgan fingerprint density at radius 2 is 2.09 bits per heavy atom. The van der Waals surface area contributed by atoms with Gasteiger partial charge in [0.05, 0.1) is 12.6 Å². The molecular weight excluding hydrogens is 378 g/mol. The van der Waals surface area contributed by atoms with Crippen LogP contribution >= 0.6 is 28.3 Å². The maximum absolute atomic E-state index is 12.2. The molecule has 2 rings (SSSR count). The van der Waals surface area contributed by atoms with Gasteiger partial charge in [0.2, 0.25) is 5.91 Å². The van der Waals surface area contributed by atoms with Crippen molar-refractivity contribution in [3.8, 4) is 0 Å². The third-order valence-corrected chi connectivity index (χ3v) is 4.74. The number of piperidine rings is 1. The zero-order valence-electron chi connectivity index (χ0n) is 13.8. The summed E-state index contributed by atoms with van der Waals surface area (Å²) in [6, 6.07) is 8.13. The van der Waals surface area contributed by atoms with E-state index in [0.29, 0.717) is 12.5 Å². The highest BCUT2D eigenvalue weighted by Crippen LogP contribution is 2.17. The molecule has 1 fully saturated rings. The fourth-order valence-corrected chi connectivity index (χ4v) is 3.34. The molecule has 1 aliphatic rings. The minimum Gasteiger partial charge on any atom is -0.348 e. The van der Waals surface area contributed by atoms with Crippen molar-refractivity contribution >= 4 is 34.2 Å². The zero-order chi connectivity index (χ0) is 15.9. The lowest BCUT2D eigenvalue weighted by Gasteiger charge is -2.32. The molecule has 4 nitrogen and oxygen atoms in total. The first kappa shape index (κ1) is 20.4. The van der Waals surface area contributed by atoms with Crippen LogP contribution in [-0.4, -0.2) is 44.0 Å². The first-order valence-corrected chi connectivity index (χ1v) is 8.79. The molecule has 0 spiro atoms. The number of halogens is 2. The fourth-order valence-electron chi connectivity index (χ4n) is 3.08. The van der Waals surface area contributed by atoms with Gasteiger partial charge in [-0.2, -0.15) is 0 Å². The van der Waals surface area contributed by atoms with Crippen molar-refractivity contribution in [2.75, 3.05) is 33.2 Å². The second kappa shape index (κ2) is 10.3. The quantitative estimate of drug-likeness (QED) is 0.766. The van der Waals surface area contributed by atoms with Crippen LogP contribution in [0.15, 0.2) is 28.7 Å². The van der Waals surface area contributed by atoms with Crippen LogP contribution < -0.4 is 10.6 Å². The lowest BCUT2D eigenvalue weighted by molar-refractivity contribution is -0.123. The largest absolute Gasteiger partial charge is 0.348 e. The highest BCUT2D eigenvalue weighted by atomic mass is 79.9. The number of hydrogen-bond acceptors (Lipinski definition) is 3. The molecule has 0 aromatic heterocycles. The van der Waals surface area contributed by atoms with E-state index in [2.05, 4.69) is 31.5 Å². The summed E-state index contributed by atoms with van der Waals surface area (Å²) in [6.07, 6.45) is 2.44. The molecule has 130 valence electrons. The molecule has 0 aliphatic carbocycles. The van der Waals surface area contributed by atoms with E-state index in [1.807, 2.05) is 38.2 Å². The first-order chi connectivity index (χ1) is 10.6. The number of hydrogen-bond donors (Lipinski definition) is 2. The van der Waals surface area contributed by atoms with Gasteiger partial charge in [0.15, 0.2) is 0 Å². The summed E-state index contributed by atoms with van der Waals surface area (Å²) < 4.78 is 1.05. The SMILES string of the molecule is CNCC1CCCN(CC(=O)NC(C)c2ccc(Br)cc2)C1.Cl. The minimum absolute atomic E-state index is 0. The van der Waals surface area contributed by atoms with Crippen LogP contribution in [0.2, 0.25) is 0 Å². The maximum Gasteiger partial charge on any atom is 0.234 e. The van der Waals surface area contributed by atoms with E-state index in [0.717, 1.165) is 29.7 Å². The molecule has 0 radical (unpaired) electrons. The average molecular weight is 405 g/mol. The average Bonchev–Trinajstić information content (AvgIpc) is 2.48. The molecule has 1 aromatic rings. The van der Waals surface area contributed by atoms with E-state index < -0.39 is 0 Å². The van der Waals surface area contributed by atoms with E-state index in [9.17, 15) is 4.79 Å². The number of rotatable bonds is 6. The van der Waals surface area contributed by atoms with Crippen LogP contribution in [0, 0.1) is 5.92 Å². The third kappa shape index (κ3) is 6.79. The molecule has 1 saturated heterocycles. The third-order valence-electron chi connectivity index (χ3n) is 4.21. The lowest BCUT2D eigenvalue weighted by Crippen LogP contribution is -2.44. The molecule has 6 heteroatoms. The number of carbonyl (C=O) groups excluding carboxylic acids is 1. The van der Waals surface area contributed by atoms with Gasteiger partial charge in [-0.25, -0.2) is 0 Å². The summed E-state index contributed by atoms with van der Waals surface area (Å²) in [5.41, 5.74) is 1.13. The minimum atomic E-state index is 0. The van der Waals surface area contributed by atoms with Crippen LogP contribution in [0.3, 0.4) is 0 Å². The van der Waals surface area contributed by atoms with E-state index in [1.54, 1.807) is 0 Å². The molecule has 1 aromatic carbocycles. The Labute approximate surface area is 153 Å². The van der Waals surface area contributed by atoms with Crippen LogP contribution in [0.5, 0.6) is 0 Å². The predicted molar refractivity (Wildman–Crippen MR) is 101 cm³/mol. The standard InChI is InChI=1S/C17H26BrN3O.ClH/c1-13(15-5-7-16(18)8-6-15)20-17(22)12-21-9-3-4-14(11-21)10-19-2;/h5-8,13-14,19H,3-4,9-12H2,1-2H3,(H,20,22);1H. The molecule has 1 heterocycles. The van der Waals surface area contributed by atoms with Gasteiger partial charge >= 0.3 is 0 Å². The van der Waals surface area contributed by atoms with E-state index in [4.69, 9.17) is 0 Å². The van der Waals surface area contributed by atoms with Crippen molar-refractivity contribution in [3.63, 3.8) is 0 Å². The van der Waals surface area contributed by atoms with Crippen LogP contribution in [-0.2, 0) is 4.79 Å². The van der Waals surface area contributed by atoms with Crippen molar-refractivity contribution in [3.05, 3.63) is 34.3 Å². The molecule has 0 saturated carbocycles. The topological polar surface area (TPSA) is 44.4 Å². The second-order valence-electron chi connectivity index (χ2n) is 6.14. The summed E-state index contributed by atoms with van der Waals surface area (Å²) in [5.74, 6) is 0.774. The summed E-state index contributed by atoms with van der Waals surface area (Å²) in [5, 5.41) is 6.34. The number of carbonyl (C=O) groups is 1. The summed E-state index contributed by atoms with van der Waals surface area (Å²) in [7, 11) is 1.99. The van der Waals surface area contributed by atoms with Gasteiger partial charge in [0, 0.05) is 11.0 Å². The Balaban J connectivity index is 0.00000264. The number of benzene rings is 1. The van der Waals surface area contributed by atoms with Crippen LogP contribution in [0.25, 0.3) is 0 Å². The molecule has 23 heavy (non-hydrogen) atoms. The van der Waals surface area contributed by atoms with Gasteiger partial charge < -0.3 is 10.6 Å². The highest BCUT2D eigenvalue weighted by molar-refractivity contribution is 9.10. The van der Waals surface area contributed by atoms with Crippen molar-refractivity contribution in [1.29, 1.82) is 0 Å². The van der Waals surface area contributed by atoms with Gasteiger partial charge in [-0.1, -0.05) is 28.1 Å². The van der Waals surface area contributed by atoms with Crippen LogP contribution in [0.4, 0.5) is 0 Å². The van der Waals surface area contributed by atoms with Crippen molar-refractivity contribution in [1.82, 2.24) is 15.5 Å².